The number of aromatic amines is 1. The SMILES string of the molecule is CCC1CCc2[nH]c(=O)c(C)cc2C1. The molecule has 2 heteroatoms. The molecule has 2 rings (SSSR count). The van der Waals surface area contributed by atoms with Gasteiger partial charge in [0.05, 0.1) is 0 Å². The molecule has 1 N–H and O–H groups in total. The van der Waals surface area contributed by atoms with Crippen molar-refractivity contribution in [2.75, 3.05) is 0 Å². The predicted molar refractivity (Wildman–Crippen MR) is 57.6 cm³/mol. The molecule has 14 heavy (non-hydrogen) atoms. The smallest absolute Gasteiger partial charge is 0.251 e. The van der Waals surface area contributed by atoms with Gasteiger partial charge in [0.15, 0.2) is 0 Å². The zero-order valence-electron chi connectivity index (χ0n) is 8.89. The first-order valence-corrected chi connectivity index (χ1v) is 5.42. The summed E-state index contributed by atoms with van der Waals surface area (Å²) in [5, 5.41) is 0. The number of fused-ring (bicyclic) bond motifs is 1. The highest BCUT2D eigenvalue weighted by Gasteiger charge is 2.18. The highest BCUT2D eigenvalue weighted by molar-refractivity contribution is 5.27. The van der Waals surface area contributed by atoms with Gasteiger partial charge in [-0.15, -0.1) is 0 Å². The van der Waals surface area contributed by atoms with Gasteiger partial charge in [0.25, 0.3) is 5.56 Å². The van der Waals surface area contributed by atoms with E-state index in [0.717, 1.165) is 24.3 Å². The molecule has 1 heterocycles. The fraction of sp³-hybridized carbons (Fsp3) is 0.583. The number of H-pyrrole nitrogens is 1. The van der Waals surface area contributed by atoms with Crippen LogP contribution < -0.4 is 5.56 Å². The minimum atomic E-state index is 0.0821. The van der Waals surface area contributed by atoms with Crippen molar-refractivity contribution in [1.82, 2.24) is 4.98 Å². The maximum absolute atomic E-state index is 11.4. The minimum Gasteiger partial charge on any atom is -0.326 e. The molecule has 0 bridgehead atoms. The molecule has 0 fully saturated rings. The number of nitrogens with one attached hydrogen (secondary N) is 1. The van der Waals surface area contributed by atoms with Gasteiger partial charge in [0.1, 0.15) is 0 Å². The van der Waals surface area contributed by atoms with E-state index in [-0.39, 0.29) is 5.56 Å². The van der Waals surface area contributed by atoms with Crippen molar-refractivity contribution in [1.29, 1.82) is 0 Å². The summed E-state index contributed by atoms with van der Waals surface area (Å²) in [6.45, 7) is 4.13. The first-order chi connectivity index (χ1) is 6.70. The van der Waals surface area contributed by atoms with E-state index in [9.17, 15) is 4.79 Å². The zero-order chi connectivity index (χ0) is 10.1. The van der Waals surface area contributed by atoms with Gasteiger partial charge in [-0.1, -0.05) is 13.3 Å². The number of rotatable bonds is 1. The number of aryl methyl sites for hydroxylation is 2. The quantitative estimate of drug-likeness (QED) is 0.725. The maximum Gasteiger partial charge on any atom is 0.251 e. The first kappa shape index (κ1) is 9.50. The summed E-state index contributed by atoms with van der Waals surface area (Å²) < 4.78 is 0. The molecular weight excluding hydrogens is 174 g/mol. The van der Waals surface area contributed by atoms with Gasteiger partial charge in [-0.3, -0.25) is 4.79 Å². The van der Waals surface area contributed by atoms with E-state index in [0.29, 0.717) is 0 Å². The Labute approximate surface area is 84.4 Å². The summed E-state index contributed by atoms with van der Waals surface area (Å²) in [7, 11) is 0. The molecule has 0 aromatic carbocycles. The summed E-state index contributed by atoms with van der Waals surface area (Å²) >= 11 is 0. The fourth-order valence-corrected chi connectivity index (χ4v) is 2.25. The molecule has 0 saturated carbocycles. The maximum atomic E-state index is 11.4. The average molecular weight is 191 g/mol. The lowest BCUT2D eigenvalue weighted by molar-refractivity contribution is 0.439. The zero-order valence-corrected chi connectivity index (χ0v) is 8.89. The van der Waals surface area contributed by atoms with Crippen LogP contribution >= 0.6 is 0 Å². The van der Waals surface area contributed by atoms with Crippen LogP contribution in [0.15, 0.2) is 10.9 Å². The standard InChI is InChI=1S/C12H17NO/c1-3-9-4-5-11-10(7-9)6-8(2)12(14)13-11/h6,9H,3-5,7H2,1-2H3,(H,13,14). The highest BCUT2D eigenvalue weighted by atomic mass is 16.1. The normalized spacial score (nSPS) is 20.6. The van der Waals surface area contributed by atoms with Crippen LogP contribution in [0.4, 0.5) is 0 Å². The lowest BCUT2D eigenvalue weighted by Gasteiger charge is -2.23. The third-order valence-corrected chi connectivity index (χ3v) is 3.29. The molecule has 2 nitrogen and oxygen atoms in total. The van der Waals surface area contributed by atoms with Crippen molar-refractivity contribution in [2.24, 2.45) is 5.92 Å². The fourth-order valence-electron chi connectivity index (χ4n) is 2.25. The molecule has 1 aromatic rings. The Balaban J connectivity index is 2.38. The summed E-state index contributed by atoms with van der Waals surface area (Å²) in [6.07, 6.45) is 4.66. The monoisotopic (exact) mass is 191 g/mol. The van der Waals surface area contributed by atoms with Crippen LogP contribution in [0, 0.1) is 12.8 Å². The molecule has 0 amide bonds. The first-order valence-electron chi connectivity index (χ1n) is 5.42. The summed E-state index contributed by atoms with van der Waals surface area (Å²) in [5.74, 6) is 0.813. The lowest BCUT2D eigenvalue weighted by Crippen LogP contribution is -2.21. The number of hydrogen-bond acceptors (Lipinski definition) is 1. The Morgan fingerprint density at radius 3 is 3.07 bits per heavy atom. The Hall–Kier alpha value is -1.05. The van der Waals surface area contributed by atoms with E-state index in [2.05, 4.69) is 18.0 Å². The number of hydrogen-bond donors (Lipinski definition) is 1. The van der Waals surface area contributed by atoms with Crippen molar-refractivity contribution in [3.63, 3.8) is 0 Å². The van der Waals surface area contributed by atoms with Crippen LogP contribution in [-0.4, -0.2) is 4.98 Å². The Morgan fingerprint density at radius 1 is 1.57 bits per heavy atom. The van der Waals surface area contributed by atoms with Crippen molar-refractivity contribution in [3.8, 4) is 0 Å². The third kappa shape index (κ3) is 1.61. The molecular formula is C12H17NO. The van der Waals surface area contributed by atoms with Crippen molar-refractivity contribution >= 4 is 0 Å². The van der Waals surface area contributed by atoms with Gasteiger partial charge in [-0.05, 0) is 43.7 Å². The second-order valence-corrected chi connectivity index (χ2v) is 4.30. The number of pyridine rings is 1. The van der Waals surface area contributed by atoms with E-state index in [1.807, 2.05) is 6.92 Å². The Bertz CT molecular complexity index is 392. The molecule has 0 aliphatic heterocycles. The largest absolute Gasteiger partial charge is 0.326 e. The van der Waals surface area contributed by atoms with Crippen molar-refractivity contribution < 1.29 is 0 Å². The van der Waals surface area contributed by atoms with Crippen molar-refractivity contribution in [2.45, 2.75) is 39.5 Å². The van der Waals surface area contributed by atoms with Gasteiger partial charge in [-0.2, -0.15) is 0 Å². The second-order valence-electron chi connectivity index (χ2n) is 4.30. The summed E-state index contributed by atoms with van der Waals surface area (Å²) in [6, 6.07) is 2.07. The molecule has 1 aromatic heterocycles. The average Bonchev–Trinajstić information content (AvgIpc) is 2.19. The summed E-state index contributed by atoms with van der Waals surface area (Å²) in [4.78, 5) is 14.4. The molecule has 0 saturated heterocycles. The van der Waals surface area contributed by atoms with Gasteiger partial charge < -0.3 is 4.98 Å². The van der Waals surface area contributed by atoms with E-state index in [4.69, 9.17) is 0 Å². The van der Waals surface area contributed by atoms with E-state index in [1.54, 1.807) is 0 Å². The molecule has 1 atom stereocenters. The van der Waals surface area contributed by atoms with E-state index in [1.165, 1.54) is 24.1 Å². The summed E-state index contributed by atoms with van der Waals surface area (Å²) in [5.41, 5.74) is 3.46. The van der Waals surface area contributed by atoms with Crippen LogP contribution in [0.5, 0.6) is 0 Å². The Kier molecular flexibility index (Phi) is 2.44. The minimum absolute atomic E-state index is 0.0821. The lowest BCUT2D eigenvalue weighted by atomic mass is 9.85. The predicted octanol–water partition coefficient (Wildman–Crippen LogP) is 2.20. The second kappa shape index (κ2) is 3.60. The molecule has 0 spiro atoms. The third-order valence-electron chi connectivity index (χ3n) is 3.29. The molecule has 1 aliphatic carbocycles. The van der Waals surface area contributed by atoms with Crippen LogP contribution in [-0.2, 0) is 12.8 Å². The van der Waals surface area contributed by atoms with Crippen LogP contribution in [0.3, 0.4) is 0 Å². The van der Waals surface area contributed by atoms with Gasteiger partial charge in [0, 0.05) is 11.3 Å². The van der Waals surface area contributed by atoms with Gasteiger partial charge in [0.2, 0.25) is 0 Å². The van der Waals surface area contributed by atoms with Crippen LogP contribution in [0.2, 0.25) is 0 Å². The van der Waals surface area contributed by atoms with Crippen LogP contribution in [0.1, 0.15) is 36.6 Å². The van der Waals surface area contributed by atoms with Gasteiger partial charge >= 0.3 is 0 Å². The van der Waals surface area contributed by atoms with Gasteiger partial charge in [-0.25, -0.2) is 0 Å². The van der Waals surface area contributed by atoms with Crippen LogP contribution in [0.25, 0.3) is 0 Å². The van der Waals surface area contributed by atoms with Crippen molar-refractivity contribution in [3.05, 3.63) is 33.2 Å². The molecule has 1 aliphatic rings. The Morgan fingerprint density at radius 2 is 2.36 bits per heavy atom. The van der Waals surface area contributed by atoms with E-state index < -0.39 is 0 Å². The molecule has 76 valence electrons. The number of aromatic nitrogens is 1. The molecule has 0 radical (unpaired) electrons. The topological polar surface area (TPSA) is 32.9 Å². The van der Waals surface area contributed by atoms with E-state index >= 15 is 0 Å². The highest BCUT2D eigenvalue weighted by Crippen LogP contribution is 2.25. The molecule has 1 unspecified atom stereocenters.